The van der Waals surface area contributed by atoms with Crippen molar-refractivity contribution in [3.8, 4) is 0 Å². The van der Waals surface area contributed by atoms with E-state index in [0.29, 0.717) is 11.4 Å². The summed E-state index contributed by atoms with van der Waals surface area (Å²) in [6.45, 7) is 1.62. The Bertz CT molecular complexity index is 363. The predicted octanol–water partition coefficient (Wildman–Crippen LogP) is 0.581. The van der Waals surface area contributed by atoms with Gasteiger partial charge in [0, 0.05) is 25.9 Å². The molecule has 1 aliphatic rings. The Morgan fingerprint density at radius 1 is 1.50 bits per heavy atom. The fourth-order valence-corrected chi connectivity index (χ4v) is 2.70. The van der Waals surface area contributed by atoms with Crippen LogP contribution in [0.4, 0.5) is 5.69 Å². The van der Waals surface area contributed by atoms with Crippen molar-refractivity contribution in [1.29, 1.82) is 0 Å². The number of hydrogen-bond donors (Lipinski definition) is 1. The van der Waals surface area contributed by atoms with Crippen LogP contribution < -0.4 is 5.73 Å². The van der Waals surface area contributed by atoms with Crippen molar-refractivity contribution in [3.05, 3.63) is 11.9 Å². The van der Waals surface area contributed by atoms with E-state index in [1.54, 1.807) is 11.7 Å². The van der Waals surface area contributed by atoms with Crippen molar-refractivity contribution in [1.82, 2.24) is 14.7 Å². The number of aryl methyl sites for hydroxylation is 1. The van der Waals surface area contributed by atoms with Crippen molar-refractivity contribution in [2.45, 2.75) is 6.42 Å². The van der Waals surface area contributed by atoms with Crippen LogP contribution in [0.1, 0.15) is 16.9 Å². The van der Waals surface area contributed by atoms with E-state index in [1.807, 2.05) is 16.7 Å². The molecule has 0 aliphatic carbocycles. The lowest BCUT2D eigenvalue weighted by Gasteiger charge is -2.20. The van der Waals surface area contributed by atoms with Gasteiger partial charge in [-0.2, -0.15) is 16.9 Å². The Labute approximate surface area is 99.0 Å². The molecule has 1 aliphatic heterocycles. The summed E-state index contributed by atoms with van der Waals surface area (Å²) in [5.74, 6) is 2.13. The monoisotopic (exact) mass is 240 g/mol. The van der Waals surface area contributed by atoms with Gasteiger partial charge in [-0.25, -0.2) is 0 Å². The first-order valence-electron chi connectivity index (χ1n) is 5.34. The minimum Gasteiger partial charge on any atom is -0.396 e. The molecule has 6 heteroatoms. The summed E-state index contributed by atoms with van der Waals surface area (Å²) in [4.78, 5) is 14.1. The molecule has 0 radical (unpaired) electrons. The molecule has 0 saturated carbocycles. The number of amides is 1. The number of nitrogens with zero attached hydrogens (tertiary/aromatic N) is 3. The van der Waals surface area contributed by atoms with Crippen LogP contribution in [-0.2, 0) is 7.05 Å². The summed E-state index contributed by atoms with van der Waals surface area (Å²) in [7, 11) is 1.75. The largest absolute Gasteiger partial charge is 0.396 e. The topological polar surface area (TPSA) is 64.2 Å². The number of anilines is 1. The number of hydrogen-bond acceptors (Lipinski definition) is 4. The molecular weight excluding hydrogens is 224 g/mol. The zero-order valence-corrected chi connectivity index (χ0v) is 10.2. The normalized spacial score (nSPS) is 17.2. The van der Waals surface area contributed by atoms with Crippen LogP contribution in [0, 0.1) is 0 Å². The van der Waals surface area contributed by atoms with Gasteiger partial charge in [0.25, 0.3) is 5.91 Å². The minimum absolute atomic E-state index is 0.000000000000000444. The van der Waals surface area contributed by atoms with Gasteiger partial charge in [0.15, 0.2) is 0 Å². The van der Waals surface area contributed by atoms with Crippen molar-refractivity contribution >= 4 is 23.4 Å². The average molecular weight is 240 g/mol. The van der Waals surface area contributed by atoms with E-state index in [4.69, 9.17) is 5.73 Å². The van der Waals surface area contributed by atoms with Gasteiger partial charge in [-0.3, -0.25) is 9.48 Å². The quantitative estimate of drug-likeness (QED) is 0.780. The van der Waals surface area contributed by atoms with E-state index >= 15 is 0 Å². The first-order valence-corrected chi connectivity index (χ1v) is 6.50. The summed E-state index contributed by atoms with van der Waals surface area (Å²) < 4.78 is 1.55. The second-order valence-electron chi connectivity index (χ2n) is 3.83. The molecule has 1 amide bonds. The molecule has 0 atom stereocenters. The van der Waals surface area contributed by atoms with Crippen LogP contribution in [0.25, 0.3) is 0 Å². The molecule has 88 valence electrons. The fourth-order valence-electron chi connectivity index (χ4n) is 1.82. The zero-order valence-electron chi connectivity index (χ0n) is 9.35. The molecule has 2 heterocycles. The molecule has 1 aromatic heterocycles. The first kappa shape index (κ1) is 11.3. The van der Waals surface area contributed by atoms with Crippen LogP contribution in [-0.4, -0.2) is 45.2 Å². The van der Waals surface area contributed by atoms with E-state index in [0.717, 1.165) is 31.0 Å². The minimum atomic E-state index is 0.000000000000000444. The van der Waals surface area contributed by atoms with Crippen LogP contribution in [0.2, 0.25) is 0 Å². The number of nitrogens with two attached hydrogens (primary N) is 1. The molecule has 1 fully saturated rings. The third kappa shape index (κ3) is 2.16. The second-order valence-corrected chi connectivity index (χ2v) is 5.05. The van der Waals surface area contributed by atoms with Crippen molar-refractivity contribution < 1.29 is 4.79 Å². The van der Waals surface area contributed by atoms with Gasteiger partial charge in [0.05, 0.1) is 11.9 Å². The van der Waals surface area contributed by atoms with Crippen molar-refractivity contribution in [2.75, 3.05) is 30.3 Å². The lowest BCUT2D eigenvalue weighted by atomic mass is 10.3. The van der Waals surface area contributed by atoms with Gasteiger partial charge in [0.2, 0.25) is 0 Å². The highest BCUT2D eigenvalue weighted by atomic mass is 32.2. The highest BCUT2D eigenvalue weighted by molar-refractivity contribution is 7.99. The average Bonchev–Trinajstić information content (AvgIpc) is 2.51. The molecule has 0 unspecified atom stereocenters. The molecule has 5 nitrogen and oxygen atoms in total. The smallest absolute Gasteiger partial charge is 0.274 e. The number of rotatable bonds is 1. The molecule has 2 rings (SSSR count). The molecule has 16 heavy (non-hydrogen) atoms. The number of carbonyl (C=O) groups is 1. The number of carbonyl (C=O) groups excluding carboxylic acids is 1. The highest BCUT2D eigenvalue weighted by Gasteiger charge is 2.22. The molecule has 2 N–H and O–H groups in total. The number of thioether (sulfide) groups is 1. The number of aromatic nitrogens is 2. The molecule has 1 aromatic rings. The van der Waals surface area contributed by atoms with Crippen LogP contribution in [0.5, 0.6) is 0 Å². The van der Waals surface area contributed by atoms with Gasteiger partial charge >= 0.3 is 0 Å². The summed E-state index contributed by atoms with van der Waals surface area (Å²) in [5, 5.41) is 3.99. The summed E-state index contributed by atoms with van der Waals surface area (Å²) in [5.41, 5.74) is 6.72. The number of nitrogen functional groups attached to an aromatic ring is 1. The maximum absolute atomic E-state index is 12.2. The summed E-state index contributed by atoms with van der Waals surface area (Å²) >= 11 is 1.89. The third-order valence-corrected chi connectivity index (χ3v) is 3.73. The SMILES string of the molecule is Cn1ncc(N)c1C(=O)N1CCCSCC1. The van der Waals surface area contributed by atoms with E-state index < -0.39 is 0 Å². The summed E-state index contributed by atoms with van der Waals surface area (Å²) in [6.07, 6.45) is 2.58. The van der Waals surface area contributed by atoms with Gasteiger partial charge in [-0.1, -0.05) is 0 Å². The summed E-state index contributed by atoms with van der Waals surface area (Å²) in [6, 6.07) is 0. The lowest BCUT2D eigenvalue weighted by molar-refractivity contribution is 0.0758. The maximum Gasteiger partial charge on any atom is 0.274 e. The lowest BCUT2D eigenvalue weighted by Crippen LogP contribution is -2.34. The Morgan fingerprint density at radius 3 is 3.00 bits per heavy atom. The predicted molar refractivity (Wildman–Crippen MR) is 65.5 cm³/mol. The molecule has 0 aromatic carbocycles. The van der Waals surface area contributed by atoms with E-state index in [9.17, 15) is 4.79 Å². The van der Waals surface area contributed by atoms with E-state index in [2.05, 4.69) is 5.10 Å². The van der Waals surface area contributed by atoms with E-state index in [1.165, 1.54) is 6.20 Å². The zero-order chi connectivity index (χ0) is 11.5. The van der Waals surface area contributed by atoms with Gasteiger partial charge < -0.3 is 10.6 Å². The second kappa shape index (κ2) is 4.78. The molecule has 0 bridgehead atoms. The fraction of sp³-hybridized carbons (Fsp3) is 0.600. The Morgan fingerprint density at radius 2 is 2.31 bits per heavy atom. The Balaban J connectivity index is 2.17. The van der Waals surface area contributed by atoms with E-state index in [-0.39, 0.29) is 5.91 Å². The first-order chi connectivity index (χ1) is 7.70. The Kier molecular flexibility index (Phi) is 3.38. The third-order valence-electron chi connectivity index (χ3n) is 2.68. The Hall–Kier alpha value is -1.17. The van der Waals surface area contributed by atoms with Crippen LogP contribution in [0.15, 0.2) is 6.20 Å². The highest BCUT2D eigenvalue weighted by Crippen LogP contribution is 2.16. The van der Waals surface area contributed by atoms with Crippen molar-refractivity contribution in [2.24, 2.45) is 7.05 Å². The van der Waals surface area contributed by atoms with Gasteiger partial charge in [0.1, 0.15) is 5.69 Å². The standard InChI is InChI=1S/C10H16N4OS/c1-13-9(8(11)7-12-13)10(15)14-3-2-5-16-6-4-14/h7H,2-6,11H2,1H3. The van der Waals surface area contributed by atoms with Crippen LogP contribution in [0.3, 0.4) is 0 Å². The van der Waals surface area contributed by atoms with Gasteiger partial charge in [-0.15, -0.1) is 0 Å². The molecule has 1 saturated heterocycles. The van der Waals surface area contributed by atoms with Gasteiger partial charge in [-0.05, 0) is 12.2 Å². The maximum atomic E-state index is 12.2. The molecular formula is C10H16N4OS. The van der Waals surface area contributed by atoms with Crippen molar-refractivity contribution in [3.63, 3.8) is 0 Å². The van der Waals surface area contributed by atoms with Crippen LogP contribution >= 0.6 is 11.8 Å². The molecule has 0 spiro atoms.